The highest BCUT2D eigenvalue weighted by Gasteiger charge is 2.34. The molecule has 0 saturated heterocycles. The molecule has 1 aliphatic rings. The van der Waals surface area contributed by atoms with Crippen molar-refractivity contribution in [2.24, 2.45) is 0 Å². The summed E-state index contributed by atoms with van der Waals surface area (Å²) in [6, 6.07) is 6.51. The summed E-state index contributed by atoms with van der Waals surface area (Å²) in [4.78, 5) is 4.79. The molecule has 0 unspecified atom stereocenters. The predicted octanol–water partition coefficient (Wildman–Crippen LogP) is 3.48. The van der Waals surface area contributed by atoms with Crippen molar-refractivity contribution in [2.45, 2.75) is 38.3 Å². The molecule has 0 spiro atoms. The molecule has 1 aliphatic carbocycles. The molecule has 1 saturated carbocycles. The van der Waals surface area contributed by atoms with E-state index in [1.54, 1.807) is 0 Å². The summed E-state index contributed by atoms with van der Waals surface area (Å²) in [6.45, 7) is 4.31. The fraction of sp³-hybridized carbons (Fsp3) is 0.500. The number of benzene rings is 1. The van der Waals surface area contributed by atoms with Gasteiger partial charge < -0.3 is 9.88 Å². The van der Waals surface area contributed by atoms with Gasteiger partial charge in [0.2, 0.25) is 0 Å². The van der Waals surface area contributed by atoms with Gasteiger partial charge in [-0.3, -0.25) is 0 Å². The first-order chi connectivity index (χ1) is 8.54. The van der Waals surface area contributed by atoms with Crippen molar-refractivity contribution in [2.75, 3.05) is 7.05 Å². The van der Waals surface area contributed by atoms with E-state index in [1.165, 1.54) is 12.8 Å². The van der Waals surface area contributed by atoms with E-state index in [2.05, 4.69) is 23.7 Å². The molecule has 1 N–H and O–H groups in total. The Morgan fingerprint density at radius 2 is 2.11 bits per heavy atom. The number of halogens is 1. The lowest BCUT2D eigenvalue weighted by Gasteiger charge is -2.24. The van der Waals surface area contributed by atoms with Crippen LogP contribution in [0.2, 0.25) is 5.02 Å². The topological polar surface area (TPSA) is 29.9 Å². The molecule has 1 fully saturated rings. The van der Waals surface area contributed by atoms with Gasteiger partial charge in [-0.1, -0.05) is 17.7 Å². The average molecular weight is 264 g/mol. The third kappa shape index (κ3) is 1.73. The molecule has 2 aromatic rings. The molecule has 3 nitrogen and oxygen atoms in total. The second-order valence-electron chi connectivity index (χ2n) is 5.52. The molecule has 96 valence electrons. The van der Waals surface area contributed by atoms with E-state index in [0.717, 1.165) is 21.9 Å². The van der Waals surface area contributed by atoms with E-state index in [9.17, 15) is 0 Å². The molecule has 4 heteroatoms. The molecular weight excluding hydrogens is 246 g/mol. The zero-order valence-corrected chi connectivity index (χ0v) is 11.8. The number of nitrogens with one attached hydrogen (secondary N) is 1. The molecular formula is C14H18ClN3. The number of hydrogen-bond acceptors (Lipinski definition) is 2. The smallest absolute Gasteiger partial charge is 0.129 e. The van der Waals surface area contributed by atoms with Crippen LogP contribution < -0.4 is 5.32 Å². The van der Waals surface area contributed by atoms with Crippen molar-refractivity contribution in [3.05, 3.63) is 29.0 Å². The van der Waals surface area contributed by atoms with E-state index >= 15 is 0 Å². The Bertz CT molecular complexity index is 596. The minimum atomic E-state index is -0.148. The van der Waals surface area contributed by atoms with Gasteiger partial charge >= 0.3 is 0 Å². The van der Waals surface area contributed by atoms with Crippen molar-refractivity contribution in [1.29, 1.82) is 0 Å². The number of para-hydroxylation sites is 1. The van der Waals surface area contributed by atoms with E-state index in [0.29, 0.717) is 6.04 Å². The fourth-order valence-corrected chi connectivity index (χ4v) is 2.61. The maximum Gasteiger partial charge on any atom is 0.129 e. The van der Waals surface area contributed by atoms with Crippen LogP contribution in [0, 0.1) is 0 Å². The van der Waals surface area contributed by atoms with Crippen molar-refractivity contribution in [3.8, 4) is 0 Å². The normalized spacial score (nSPS) is 16.4. The lowest BCUT2D eigenvalue weighted by Crippen LogP contribution is -2.36. The number of rotatable bonds is 3. The van der Waals surface area contributed by atoms with E-state index in [1.807, 2.05) is 25.2 Å². The van der Waals surface area contributed by atoms with Crippen LogP contribution in [-0.4, -0.2) is 16.6 Å². The van der Waals surface area contributed by atoms with Gasteiger partial charge in [-0.25, -0.2) is 4.98 Å². The van der Waals surface area contributed by atoms with Crippen molar-refractivity contribution < 1.29 is 0 Å². The quantitative estimate of drug-likeness (QED) is 0.919. The third-order valence-electron chi connectivity index (χ3n) is 3.76. The highest BCUT2D eigenvalue weighted by Crippen LogP contribution is 2.42. The SMILES string of the molecule is CNC(C)(C)c1nc2cccc(Cl)c2n1C1CC1. The summed E-state index contributed by atoms with van der Waals surface area (Å²) >= 11 is 6.36. The molecule has 0 amide bonds. The molecule has 1 aromatic heterocycles. The van der Waals surface area contributed by atoms with Crippen LogP contribution in [0.4, 0.5) is 0 Å². The fourth-order valence-electron chi connectivity index (χ4n) is 2.35. The molecule has 0 aliphatic heterocycles. The van der Waals surface area contributed by atoms with Gasteiger partial charge in [0.25, 0.3) is 0 Å². The highest BCUT2D eigenvalue weighted by molar-refractivity contribution is 6.35. The van der Waals surface area contributed by atoms with Gasteiger partial charge in [-0.2, -0.15) is 0 Å². The van der Waals surface area contributed by atoms with Crippen LogP contribution in [-0.2, 0) is 5.54 Å². The Labute approximate surface area is 112 Å². The minimum Gasteiger partial charge on any atom is -0.322 e. The maximum atomic E-state index is 6.36. The van der Waals surface area contributed by atoms with Crippen LogP contribution in [0.3, 0.4) is 0 Å². The molecule has 0 bridgehead atoms. The Morgan fingerprint density at radius 3 is 2.72 bits per heavy atom. The molecule has 18 heavy (non-hydrogen) atoms. The van der Waals surface area contributed by atoms with Gasteiger partial charge in [-0.15, -0.1) is 0 Å². The van der Waals surface area contributed by atoms with Gasteiger partial charge in [0.1, 0.15) is 5.82 Å². The van der Waals surface area contributed by atoms with E-state index < -0.39 is 0 Å². The van der Waals surface area contributed by atoms with E-state index in [-0.39, 0.29) is 5.54 Å². The molecule has 0 radical (unpaired) electrons. The maximum absolute atomic E-state index is 6.36. The highest BCUT2D eigenvalue weighted by atomic mass is 35.5. The van der Waals surface area contributed by atoms with Crippen LogP contribution in [0.15, 0.2) is 18.2 Å². The minimum absolute atomic E-state index is 0.148. The molecule has 1 heterocycles. The summed E-state index contributed by atoms with van der Waals surface area (Å²) in [6.07, 6.45) is 2.45. The predicted molar refractivity (Wildman–Crippen MR) is 75.1 cm³/mol. The lowest BCUT2D eigenvalue weighted by molar-refractivity contribution is 0.398. The van der Waals surface area contributed by atoms with Crippen LogP contribution >= 0.6 is 11.6 Å². The second-order valence-corrected chi connectivity index (χ2v) is 5.93. The number of imidazole rings is 1. The zero-order chi connectivity index (χ0) is 12.9. The summed E-state index contributed by atoms with van der Waals surface area (Å²) < 4.78 is 2.33. The average Bonchev–Trinajstić information content (AvgIpc) is 3.09. The first-order valence-electron chi connectivity index (χ1n) is 6.40. The van der Waals surface area contributed by atoms with Gasteiger partial charge in [0.15, 0.2) is 0 Å². The Hall–Kier alpha value is -1.06. The zero-order valence-electron chi connectivity index (χ0n) is 11.0. The lowest BCUT2D eigenvalue weighted by atomic mass is 10.1. The van der Waals surface area contributed by atoms with Crippen LogP contribution in [0.25, 0.3) is 11.0 Å². The largest absolute Gasteiger partial charge is 0.322 e. The van der Waals surface area contributed by atoms with Crippen LogP contribution in [0.1, 0.15) is 38.6 Å². The third-order valence-corrected chi connectivity index (χ3v) is 4.06. The Balaban J connectivity index is 2.32. The Kier molecular flexibility index (Phi) is 2.65. The molecule has 1 aromatic carbocycles. The van der Waals surface area contributed by atoms with Gasteiger partial charge in [0.05, 0.1) is 21.6 Å². The summed E-state index contributed by atoms with van der Waals surface area (Å²) in [7, 11) is 1.97. The summed E-state index contributed by atoms with van der Waals surface area (Å²) in [5, 5.41) is 4.13. The van der Waals surface area contributed by atoms with Crippen molar-refractivity contribution in [3.63, 3.8) is 0 Å². The first-order valence-corrected chi connectivity index (χ1v) is 6.78. The number of aromatic nitrogens is 2. The van der Waals surface area contributed by atoms with Crippen molar-refractivity contribution >= 4 is 22.6 Å². The van der Waals surface area contributed by atoms with E-state index in [4.69, 9.17) is 16.6 Å². The first kappa shape index (κ1) is 12.0. The van der Waals surface area contributed by atoms with Crippen LogP contribution in [0.5, 0.6) is 0 Å². The summed E-state index contributed by atoms with van der Waals surface area (Å²) in [5.41, 5.74) is 1.93. The van der Waals surface area contributed by atoms with Gasteiger partial charge in [0, 0.05) is 6.04 Å². The summed E-state index contributed by atoms with van der Waals surface area (Å²) in [5.74, 6) is 1.08. The monoisotopic (exact) mass is 263 g/mol. The number of hydrogen-bond donors (Lipinski definition) is 1. The standard InChI is InChI=1S/C14H18ClN3/c1-14(2,16-3)13-17-11-6-4-5-10(15)12(11)18(13)9-7-8-9/h4-6,9,16H,7-8H2,1-3H3. The van der Waals surface area contributed by atoms with Crippen molar-refractivity contribution in [1.82, 2.24) is 14.9 Å². The number of nitrogens with zero attached hydrogens (tertiary/aromatic N) is 2. The van der Waals surface area contributed by atoms with Gasteiger partial charge in [-0.05, 0) is 45.9 Å². The molecule has 0 atom stereocenters. The molecule has 3 rings (SSSR count). The number of fused-ring (bicyclic) bond motifs is 1. The second kappa shape index (κ2) is 3.97. The Morgan fingerprint density at radius 1 is 1.39 bits per heavy atom.